The number of guanidine groups is 1. The minimum absolute atomic E-state index is 0.0194. The Hall–Kier alpha value is -3.88. The Bertz CT molecular complexity index is 1300. The van der Waals surface area contributed by atoms with Gasteiger partial charge in [-0.15, -0.1) is 0 Å². The smallest absolute Gasteiger partial charge is 0.300 e. The number of nitrogens with one attached hydrogen (secondary N) is 5. The van der Waals surface area contributed by atoms with Crippen LogP contribution in [-0.4, -0.2) is 140 Å². The summed E-state index contributed by atoms with van der Waals surface area (Å²) in [4.78, 5) is 62.9. The number of amides is 4. The molecule has 3 heterocycles. The fourth-order valence-electron chi connectivity index (χ4n) is 5.28. The molecule has 0 aromatic rings. The number of ether oxygens (including phenoxy) is 1. The molecule has 0 bridgehead atoms. The van der Waals surface area contributed by atoms with Crippen molar-refractivity contribution in [2.24, 2.45) is 16.8 Å². The van der Waals surface area contributed by atoms with Gasteiger partial charge in [0.15, 0.2) is 5.96 Å². The third kappa shape index (κ3) is 12.7. The average Bonchev–Trinajstić information content (AvgIpc) is 3.87. The molecule has 1 aliphatic carbocycles. The van der Waals surface area contributed by atoms with Gasteiger partial charge in [-0.05, 0) is 31.6 Å². The Kier molecular flexibility index (Phi) is 14.3. The first kappa shape index (κ1) is 37.6. The second-order valence-corrected chi connectivity index (χ2v) is 13.4. The molecule has 0 aromatic carbocycles. The number of carbonyl (C=O) groups is 5. The summed E-state index contributed by atoms with van der Waals surface area (Å²) in [7, 11) is -4.11. The van der Waals surface area contributed by atoms with E-state index in [1.54, 1.807) is 4.90 Å². The maximum atomic E-state index is 13.8. The summed E-state index contributed by atoms with van der Waals surface area (Å²) in [6, 6.07) is -1.49. The number of nitrogens with zero attached hydrogens (tertiary/aromatic N) is 4. The maximum absolute atomic E-state index is 13.8. The zero-order chi connectivity index (χ0) is 34.6. The monoisotopic (exact) mass is 686 g/mol. The van der Waals surface area contributed by atoms with E-state index in [9.17, 15) is 27.6 Å². The summed E-state index contributed by atoms with van der Waals surface area (Å²) >= 11 is 0. The molecule has 4 amide bonds. The Morgan fingerprint density at radius 3 is 2.43 bits per heavy atom. The van der Waals surface area contributed by atoms with Crippen molar-refractivity contribution in [3.63, 3.8) is 0 Å². The lowest BCUT2D eigenvalue weighted by molar-refractivity contribution is -0.136. The standard InChI is InChI=1S/C25H42N10O7S.C2H4O2/c26-25(27)33-8-1-2-17(16-33)15-29-22(37)14-20(32-43(40,41)34-10-12-42-13-11-34)24(39)35(18-3-4-18)9-7-28-23(38)19-5-6-21(36)31-30-19;1-2(3)4/h17-18,20,32H,1-16H2,(H3,26,27)(H,28,38)(H,29,37)(H,31,36);1H3,(H,3,4)/t17-,20-;/m0./s1. The highest BCUT2D eigenvalue weighted by molar-refractivity contribution is 7.87. The molecule has 0 aromatic heterocycles. The normalized spacial score (nSPS) is 20.8. The number of hydrogen-bond acceptors (Lipinski definition) is 10. The Labute approximate surface area is 273 Å². The Balaban J connectivity index is 0.00000142. The fourth-order valence-corrected chi connectivity index (χ4v) is 6.60. The number of piperidine rings is 1. The molecule has 264 valence electrons. The largest absolute Gasteiger partial charge is 0.481 e. The summed E-state index contributed by atoms with van der Waals surface area (Å²) in [5.41, 5.74) is 8.07. The fraction of sp³-hybridized carbons (Fsp3) is 0.741. The molecule has 8 N–H and O–H groups in total. The number of hydrazone groups is 1. The summed E-state index contributed by atoms with van der Waals surface area (Å²) in [6.07, 6.45) is 3.08. The number of likely N-dealkylation sites (tertiary alicyclic amines) is 1. The number of nitrogens with two attached hydrogens (primary N) is 1. The van der Waals surface area contributed by atoms with Gasteiger partial charge in [-0.1, -0.05) is 0 Å². The van der Waals surface area contributed by atoms with Crippen LogP contribution in [0, 0.1) is 11.3 Å². The molecule has 3 fully saturated rings. The van der Waals surface area contributed by atoms with E-state index in [1.165, 1.54) is 9.21 Å². The zero-order valence-corrected chi connectivity index (χ0v) is 27.3. The lowest BCUT2D eigenvalue weighted by Gasteiger charge is -2.33. The predicted molar refractivity (Wildman–Crippen MR) is 168 cm³/mol. The highest BCUT2D eigenvalue weighted by atomic mass is 32.2. The van der Waals surface area contributed by atoms with E-state index in [-0.39, 0.29) is 81.8 Å². The van der Waals surface area contributed by atoms with Crippen LogP contribution in [-0.2, 0) is 38.9 Å². The second kappa shape index (κ2) is 17.9. The minimum atomic E-state index is -4.11. The van der Waals surface area contributed by atoms with E-state index in [4.69, 9.17) is 25.8 Å². The van der Waals surface area contributed by atoms with Crippen LogP contribution in [0.25, 0.3) is 0 Å². The molecule has 4 aliphatic rings. The minimum Gasteiger partial charge on any atom is -0.481 e. The van der Waals surface area contributed by atoms with E-state index in [0.717, 1.165) is 32.6 Å². The van der Waals surface area contributed by atoms with Gasteiger partial charge in [0.2, 0.25) is 17.7 Å². The second-order valence-electron chi connectivity index (χ2n) is 11.7. The highest BCUT2D eigenvalue weighted by Gasteiger charge is 2.39. The van der Waals surface area contributed by atoms with E-state index in [2.05, 4.69) is 25.9 Å². The van der Waals surface area contributed by atoms with E-state index in [0.29, 0.717) is 19.6 Å². The molecule has 47 heavy (non-hydrogen) atoms. The highest BCUT2D eigenvalue weighted by Crippen LogP contribution is 2.27. The molecule has 4 rings (SSSR count). The SMILES string of the molecule is CC(=O)O.N=C(N)N1CCC[C@@H](CNC(=O)C[C@H](NS(=O)(=O)N2CCOCC2)C(=O)N(CCNC(=O)C2=NNC(=O)CC2)C2CC2)C1. The quantitative estimate of drug-likeness (QED) is 0.0763. The topological polar surface area (TPSA) is 269 Å². The van der Waals surface area contributed by atoms with E-state index >= 15 is 0 Å². The number of carboxylic acid groups (broad SMARTS) is 1. The van der Waals surface area contributed by atoms with Gasteiger partial charge in [-0.25, -0.2) is 5.43 Å². The number of hydrogen-bond donors (Lipinski definition) is 7. The predicted octanol–water partition coefficient (Wildman–Crippen LogP) is -2.90. The lowest BCUT2D eigenvalue weighted by atomic mass is 9.98. The van der Waals surface area contributed by atoms with Crippen LogP contribution in [0.1, 0.15) is 51.9 Å². The van der Waals surface area contributed by atoms with Crippen LogP contribution in [0.4, 0.5) is 0 Å². The lowest BCUT2D eigenvalue weighted by Crippen LogP contribution is -2.56. The van der Waals surface area contributed by atoms with Gasteiger partial charge < -0.3 is 36.0 Å². The molecular weight excluding hydrogens is 640 g/mol. The zero-order valence-electron chi connectivity index (χ0n) is 26.5. The van der Waals surface area contributed by atoms with Crippen LogP contribution >= 0.6 is 0 Å². The first-order valence-corrected chi connectivity index (χ1v) is 17.0. The van der Waals surface area contributed by atoms with Gasteiger partial charge in [0.05, 0.1) is 19.6 Å². The van der Waals surface area contributed by atoms with Crippen LogP contribution in [0.3, 0.4) is 0 Å². The molecule has 3 aliphatic heterocycles. The van der Waals surface area contributed by atoms with Crippen molar-refractivity contribution < 1.29 is 42.2 Å². The first-order chi connectivity index (χ1) is 22.3. The number of carbonyl (C=O) groups excluding carboxylic acids is 4. The Morgan fingerprint density at radius 1 is 1.15 bits per heavy atom. The first-order valence-electron chi connectivity index (χ1n) is 15.6. The van der Waals surface area contributed by atoms with Crippen molar-refractivity contribution in [3.8, 4) is 0 Å². The van der Waals surface area contributed by atoms with Gasteiger partial charge in [-0.3, -0.25) is 29.4 Å². The molecular formula is C27H46N10O9S. The van der Waals surface area contributed by atoms with Crippen molar-refractivity contribution in [1.29, 1.82) is 5.41 Å². The van der Waals surface area contributed by atoms with Crippen LogP contribution in [0.15, 0.2) is 5.10 Å². The van der Waals surface area contributed by atoms with Crippen molar-refractivity contribution >= 4 is 51.5 Å². The van der Waals surface area contributed by atoms with Gasteiger partial charge in [-0.2, -0.15) is 22.5 Å². The van der Waals surface area contributed by atoms with Crippen LogP contribution < -0.4 is 26.5 Å². The van der Waals surface area contributed by atoms with Crippen LogP contribution in [0.5, 0.6) is 0 Å². The molecule has 0 spiro atoms. The maximum Gasteiger partial charge on any atom is 0.300 e. The molecule has 2 atom stereocenters. The average molecular weight is 687 g/mol. The van der Waals surface area contributed by atoms with Gasteiger partial charge >= 0.3 is 0 Å². The van der Waals surface area contributed by atoms with Crippen molar-refractivity contribution in [2.45, 2.75) is 64.0 Å². The summed E-state index contributed by atoms with van der Waals surface area (Å²) < 4.78 is 35.3. The van der Waals surface area contributed by atoms with Gasteiger partial charge in [0, 0.05) is 71.6 Å². The summed E-state index contributed by atoms with van der Waals surface area (Å²) in [6.45, 7) is 3.49. The Morgan fingerprint density at radius 2 is 1.83 bits per heavy atom. The van der Waals surface area contributed by atoms with E-state index < -0.39 is 46.4 Å². The van der Waals surface area contributed by atoms with E-state index in [1.807, 2.05) is 0 Å². The summed E-state index contributed by atoms with van der Waals surface area (Å²) in [5, 5.41) is 24.4. The van der Waals surface area contributed by atoms with Crippen molar-refractivity contribution in [3.05, 3.63) is 0 Å². The third-order valence-electron chi connectivity index (χ3n) is 7.81. The molecule has 2 saturated heterocycles. The molecule has 20 heteroatoms. The third-order valence-corrected chi connectivity index (χ3v) is 9.44. The number of carboxylic acids is 1. The molecule has 0 radical (unpaired) electrons. The van der Waals surface area contributed by atoms with Gasteiger partial charge in [0.1, 0.15) is 11.8 Å². The van der Waals surface area contributed by atoms with Crippen LogP contribution in [0.2, 0.25) is 0 Å². The number of aliphatic carboxylic acids is 1. The molecule has 1 saturated carbocycles. The van der Waals surface area contributed by atoms with Crippen molar-refractivity contribution in [2.75, 3.05) is 59.0 Å². The van der Waals surface area contributed by atoms with Crippen molar-refractivity contribution in [1.82, 2.24) is 34.9 Å². The number of rotatable bonds is 13. The molecule has 19 nitrogen and oxygen atoms in total. The summed E-state index contributed by atoms with van der Waals surface area (Å²) in [5.74, 6) is -2.55. The molecule has 0 unspecified atom stereocenters. The van der Waals surface area contributed by atoms with Gasteiger partial charge in [0.25, 0.3) is 22.1 Å². The number of morpholine rings is 1.